The van der Waals surface area contributed by atoms with Gasteiger partial charge < -0.3 is 10.3 Å². The van der Waals surface area contributed by atoms with E-state index in [0.29, 0.717) is 11.7 Å². The molecule has 1 aromatic heterocycles. The highest BCUT2D eigenvalue weighted by molar-refractivity contribution is 7.89. The Morgan fingerprint density at radius 3 is 2.80 bits per heavy atom. The first-order valence-corrected chi connectivity index (χ1v) is 6.77. The van der Waals surface area contributed by atoms with Crippen molar-refractivity contribution in [3.05, 3.63) is 11.7 Å². The van der Waals surface area contributed by atoms with Gasteiger partial charge in [0.05, 0.1) is 6.04 Å². The molecule has 0 spiro atoms. The molecule has 1 unspecified atom stereocenters. The van der Waals surface area contributed by atoms with Crippen molar-refractivity contribution >= 4 is 9.84 Å². The van der Waals surface area contributed by atoms with E-state index in [2.05, 4.69) is 10.1 Å². The van der Waals surface area contributed by atoms with E-state index in [1.54, 1.807) is 0 Å². The van der Waals surface area contributed by atoms with Gasteiger partial charge >= 0.3 is 0 Å². The van der Waals surface area contributed by atoms with Crippen LogP contribution in [0.25, 0.3) is 0 Å². The van der Waals surface area contributed by atoms with Crippen molar-refractivity contribution in [3.63, 3.8) is 0 Å². The van der Waals surface area contributed by atoms with E-state index in [1.165, 1.54) is 0 Å². The van der Waals surface area contributed by atoms with Crippen LogP contribution in [0.1, 0.15) is 30.6 Å². The summed E-state index contributed by atoms with van der Waals surface area (Å²) in [6.07, 6.45) is 3.28. The maximum Gasteiger partial charge on any atom is 0.241 e. The Bertz CT molecular complexity index is 449. The largest absolute Gasteiger partial charge is 0.338 e. The van der Waals surface area contributed by atoms with Crippen LogP contribution in [0.4, 0.5) is 0 Å². The molecule has 0 bridgehead atoms. The van der Waals surface area contributed by atoms with E-state index in [-0.39, 0.29) is 17.7 Å². The van der Waals surface area contributed by atoms with Crippen molar-refractivity contribution in [1.29, 1.82) is 0 Å². The van der Waals surface area contributed by atoms with Gasteiger partial charge in [-0.05, 0) is 18.8 Å². The number of hydrogen-bond acceptors (Lipinski definition) is 6. The van der Waals surface area contributed by atoms with Crippen LogP contribution in [0, 0.1) is 5.92 Å². The molecule has 2 rings (SSSR count). The van der Waals surface area contributed by atoms with Crippen LogP contribution in [0.5, 0.6) is 0 Å². The molecule has 0 aliphatic heterocycles. The van der Waals surface area contributed by atoms with Crippen molar-refractivity contribution in [2.75, 3.05) is 6.26 Å². The number of sulfone groups is 1. The van der Waals surface area contributed by atoms with Crippen molar-refractivity contribution in [2.24, 2.45) is 11.7 Å². The van der Waals surface area contributed by atoms with Gasteiger partial charge in [0, 0.05) is 6.26 Å². The average Bonchev–Trinajstić information content (AvgIpc) is 2.85. The smallest absolute Gasteiger partial charge is 0.241 e. The van der Waals surface area contributed by atoms with Crippen molar-refractivity contribution in [1.82, 2.24) is 10.1 Å². The highest BCUT2D eigenvalue weighted by Crippen LogP contribution is 2.38. The maximum atomic E-state index is 11.0. The molecule has 15 heavy (non-hydrogen) atoms. The molecule has 0 aromatic carbocycles. The molecule has 6 nitrogen and oxygen atoms in total. The van der Waals surface area contributed by atoms with Crippen LogP contribution in [0.2, 0.25) is 0 Å². The fourth-order valence-electron chi connectivity index (χ4n) is 1.35. The summed E-state index contributed by atoms with van der Waals surface area (Å²) in [4.78, 5) is 3.97. The topological polar surface area (TPSA) is 99.1 Å². The molecular formula is C8H13N3O3S. The number of hydrogen-bond donors (Lipinski definition) is 1. The van der Waals surface area contributed by atoms with Gasteiger partial charge in [-0.25, -0.2) is 8.42 Å². The van der Waals surface area contributed by atoms with Crippen LogP contribution in [0.3, 0.4) is 0 Å². The summed E-state index contributed by atoms with van der Waals surface area (Å²) < 4.78 is 26.8. The Balaban J connectivity index is 2.09. The standard InChI is InChI=1S/C8H13N3O3S/c1-15(12,13)4-6-10-8(11-14-6)7(9)5-2-3-5/h5,7H,2-4,9H2,1H3. The summed E-state index contributed by atoms with van der Waals surface area (Å²) in [5.41, 5.74) is 5.84. The zero-order valence-electron chi connectivity index (χ0n) is 8.38. The lowest BCUT2D eigenvalue weighted by Gasteiger charge is -2.01. The molecule has 7 heteroatoms. The van der Waals surface area contributed by atoms with Crippen molar-refractivity contribution < 1.29 is 12.9 Å². The summed E-state index contributed by atoms with van der Waals surface area (Å²) in [5, 5.41) is 3.69. The monoisotopic (exact) mass is 231 g/mol. The third-order valence-electron chi connectivity index (χ3n) is 2.30. The first kappa shape index (κ1) is 10.6. The Morgan fingerprint density at radius 2 is 2.27 bits per heavy atom. The van der Waals surface area contributed by atoms with Gasteiger partial charge in [0.2, 0.25) is 5.89 Å². The van der Waals surface area contributed by atoms with Gasteiger partial charge in [0.1, 0.15) is 5.75 Å². The number of aromatic nitrogens is 2. The molecule has 2 N–H and O–H groups in total. The minimum absolute atomic E-state index is 0.114. The third kappa shape index (κ3) is 2.75. The number of nitrogens with zero attached hydrogens (tertiary/aromatic N) is 2. The van der Waals surface area contributed by atoms with E-state index >= 15 is 0 Å². The van der Waals surface area contributed by atoms with Crippen LogP contribution < -0.4 is 5.73 Å². The van der Waals surface area contributed by atoms with Gasteiger partial charge in [-0.3, -0.25) is 0 Å². The minimum Gasteiger partial charge on any atom is -0.338 e. The summed E-state index contributed by atoms with van der Waals surface area (Å²) >= 11 is 0. The highest BCUT2D eigenvalue weighted by atomic mass is 32.2. The summed E-state index contributed by atoms with van der Waals surface area (Å²) in [6, 6.07) is -0.220. The second kappa shape index (κ2) is 3.57. The van der Waals surface area contributed by atoms with E-state index < -0.39 is 9.84 Å². The van der Waals surface area contributed by atoms with Crippen LogP contribution in [0.15, 0.2) is 4.52 Å². The van der Waals surface area contributed by atoms with Gasteiger partial charge in [-0.2, -0.15) is 4.98 Å². The lowest BCUT2D eigenvalue weighted by Crippen LogP contribution is -2.14. The predicted molar refractivity (Wildman–Crippen MR) is 52.5 cm³/mol. The SMILES string of the molecule is CS(=O)(=O)Cc1nc(C(N)C2CC2)no1. The van der Waals surface area contributed by atoms with Crippen LogP contribution >= 0.6 is 0 Å². The summed E-state index contributed by atoms with van der Waals surface area (Å²) in [7, 11) is -3.13. The van der Waals surface area contributed by atoms with Crippen LogP contribution in [-0.4, -0.2) is 24.8 Å². The second-order valence-electron chi connectivity index (χ2n) is 3.98. The Hall–Kier alpha value is -0.950. The fraction of sp³-hybridized carbons (Fsp3) is 0.750. The van der Waals surface area contributed by atoms with E-state index in [1.807, 2.05) is 0 Å². The molecule has 1 aromatic rings. The van der Waals surface area contributed by atoms with Gasteiger partial charge in [-0.1, -0.05) is 5.16 Å². The molecule has 1 aliphatic rings. The molecular weight excluding hydrogens is 218 g/mol. The van der Waals surface area contributed by atoms with Gasteiger partial charge in [0.25, 0.3) is 0 Å². The summed E-state index contributed by atoms with van der Waals surface area (Å²) in [5.74, 6) is 0.727. The Labute approximate surface area is 87.8 Å². The van der Waals surface area contributed by atoms with E-state index in [9.17, 15) is 8.42 Å². The molecule has 0 radical (unpaired) electrons. The molecule has 1 atom stereocenters. The first-order valence-electron chi connectivity index (χ1n) is 4.71. The Kier molecular flexibility index (Phi) is 2.51. The zero-order valence-corrected chi connectivity index (χ0v) is 9.20. The minimum atomic E-state index is -3.13. The zero-order chi connectivity index (χ0) is 11.1. The average molecular weight is 231 g/mol. The molecule has 0 amide bonds. The lowest BCUT2D eigenvalue weighted by molar-refractivity contribution is 0.376. The molecule has 1 saturated carbocycles. The Morgan fingerprint density at radius 1 is 1.60 bits per heavy atom. The number of nitrogens with two attached hydrogens (primary N) is 1. The number of rotatable bonds is 4. The van der Waals surface area contributed by atoms with E-state index in [4.69, 9.17) is 10.3 Å². The van der Waals surface area contributed by atoms with Crippen molar-refractivity contribution in [3.8, 4) is 0 Å². The fourth-order valence-corrected chi connectivity index (χ4v) is 1.92. The molecule has 1 fully saturated rings. The first-order chi connectivity index (χ1) is 6.96. The van der Waals surface area contributed by atoms with Crippen LogP contribution in [-0.2, 0) is 15.6 Å². The maximum absolute atomic E-state index is 11.0. The second-order valence-corrected chi connectivity index (χ2v) is 6.12. The highest BCUT2D eigenvalue weighted by Gasteiger charge is 2.32. The van der Waals surface area contributed by atoms with Crippen molar-refractivity contribution in [2.45, 2.75) is 24.6 Å². The molecule has 1 aliphatic carbocycles. The molecule has 84 valence electrons. The van der Waals surface area contributed by atoms with Gasteiger partial charge in [-0.15, -0.1) is 0 Å². The quantitative estimate of drug-likeness (QED) is 0.784. The predicted octanol–water partition coefficient (Wildman–Crippen LogP) is 0.0240. The third-order valence-corrected chi connectivity index (χ3v) is 3.07. The normalized spacial score (nSPS) is 19.1. The summed E-state index contributed by atoms with van der Waals surface area (Å²) in [6.45, 7) is 0. The van der Waals surface area contributed by atoms with Gasteiger partial charge in [0.15, 0.2) is 15.7 Å². The van der Waals surface area contributed by atoms with E-state index in [0.717, 1.165) is 19.1 Å². The molecule has 1 heterocycles. The molecule has 0 saturated heterocycles. The lowest BCUT2D eigenvalue weighted by atomic mass is 10.2.